The van der Waals surface area contributed by atoms with E-state index in [-0.39, 0.29) is 0 Å². The Bertz CT molecular complexity index is 1100. The molecule has 2 aliphatic rings. The van der Waals surface area contributed by atoms with Crippen molar-refractivity contribution < 1.29 is 0 Å². The topological polar surface area (TPSA) is 0 Å². The standard InChI is InChI=1S/C27H20/c1-3-13-24-18(7-1)15-20-9-5-11-22(26(20)24)17-23-12-6-10-21-16-19-8-2-4-14-25(19)27(21)23/h1-14H,15-17H2. The van der Waals surface area contributed by atoms with Gasteiger partial charge in [0.05, 0.1) is 0 Å². The van der Waals surface area contributed by atoms with Crippen LogP contribution in [-0.2, 0) is 19.3 Å². The van der Waals surface area contributed by atoms with Crippen LogP contribution >= 0.6 is 0 Å². The Hall–Kier alpha value is -3.12. The van der Waals surface area contributed by atoms with E-state index in [2.05, 4.69) is 84.9 Å². The summed E-state index contributed by atoms with van der Waals surface area (Å²) in [4.78, 5) is 0. The molecule has 4 aromatic carbocycles. The molecule has 2 aliphatic carbocycles. The quantitative estimate of drug-likeness (QED) is 0.340. The van der Waals surface area contributed by atoms with Gasteiger partial charge >= 0.3 is 0 Å². The van der Waals surface area contributed by atoms with Crippen LogP contribution in [0, 0.1) is 0 Å². The maximum Gasteiger partial charge on any atom is -0.00132 e. The summed E-state index contributed by atoms with van der Waals surface area (Å²) in [6, 6.07) is 31.5. The second-order valence-electron chi connectivity index (χ2n) is 7.75. The summed E-state index contributed by atoms with van der Waals surface area (Å²) in [5, 5.41) is 0. The lowest BCUT2D eigenvalue weighted by atomic mass is 9.90. The van der Waals surface area contributed by atoms with E-state index >= 15 is 0 Å². The first-order valence-corrected chi connectivity index (χ1v) is 9.76. The molecular formula is C27H20. The molecule has 0 saturated carbocycles. The predicted octanol–water partition coefficient (Wildman–Crippen LogP) is 6.42. The molecular weight excluding hydrogens is 324 g/mol. The van der Waals surface area contributed by atoms with Crippen LogP contribution in [0.5, 0.6) is 0 Å². The first-order chi connectivity index (χ1) is 13.4. The summed E-state index contributed by atoms with van der Waals surface area (Å²) >= 11 is 0. The maximum atomic E-state index is 2.32. The van der Waals surface area contributed by atoms with Gasteiger partial charge in [0.25, 0.3) is 0 Å². The molecule has 0 saturated heterocycles. The van der Waals surface area contributed by atoms with Gasteiger partial charge in [-0.05, 0) is 74.9 Å². The minimum Gasteiger partial charge on any atom is -0.0619 e. The smallest absolute Gasteiger partial charge is 0.00132 e. The van der Waals surface area contributed by atoms with Crippen molar-refractivity contribution in [3.8, 4) is 22.3 Å². The van der Waals surface area contributed by atoms with Gasteiger partial charge in [-0.2, -0.15) is 0 Å². The molecule has 0 aliphatic heterocycles. The third-order valence-electron chi connectivity index (χ3n) is 6.19. The SMILES string of the molecule is c1ccc2c(c1)Cc1cccc(Cc3cccc4c3-c3ccccc3C4)c1-2. The van der Waals surface area contributed by atoms with Gasteiger partial charge in [0.2, 0.25) is 0 Å². The first-order valence-electron chi connectivity index (χ1n) is 9.76. The highest BCUT2D eigenvalue weighted by atomic mass is 14.3. The fraction of sp³-hybridized carbons (Fsp3) is 0.111. The second-order valence-corrected chi connectivity index (χ2v) is 7.75. The summed E-state index contributed by atoms with van der Waals surface area (Å²) in [7, 11) is 0. The Balaban J connectivity index is 1.50. The van der Waals surface area contributed by atoms with Crippen LogP contribution in [0.25, 0.3) is 22.3 Å². The fourth-order valence-electron chi connectivity index (χ4n) is 5.04. The van der Waals surface area contributed by atoms with Crippen LogP contribution in [0.2, 0.25) is 0 Å². The number of fused-ring (bicyclic) bond motifs is 6. The molecule has 4 aromatic rings. The van der Waals surface area contributed by atoms with Crippen LogP contribution in [0.3, 0.4) is 0 Å². The van der Waals surface area contributed by atoms with Gasteiger partial charge in [-0.3, -0.25) is 0 Å². The molecule has 0 atom stereocenters. The van der Waals surface area contributed by atoms with Crippen LogP contribution in [-0.4, -0.2) is 0 Å². The third kappa shape index (κ3) is 2.23. The molecule has 0 bridgehead atoms. The molecule has 0 heteroatoms. The summed E-state index contributed by atoms with van der Waals surface area (Å²) in [5.74, 6) is 0. The largest absolute Gasteiger partial charge is 0.0619 e. The lowest BCUT2D eigenvalue weighted by Gasteiger charge is -2.14. The highest BCUT2D eigenvalue weighted by Gasteiger charge is 2.24. The van der Waals surface area contributed by atoms with Gasteiger partial charge in [0.1, 0.15) is 0 Å². The molecule has 0 aromatic heterocycles. The normalized spacial score (nSPS) is 13.0. The Kier molecular flexibility index (Phi) is 3.16. The van der Waals surface area contributed by atoms with E-state index < -0.39 is 0 Å². The van der Waals surface area contributed by atoms with E-state index in [4.69, 9.17) is 0 Å². The number of hydrogen-bond acceptors (Lipinski definition) is 0. The Morgan fingerprint density at radius 1 is 0.444 bits per heavy atom. The van der Waals surface area contributed by atoms with Crippen LogP contribution in [0.15, 0.2) is 84.9 Å². The average molecular weight is 344 g/mol. The monoisotopic (exact) mass is 344 g/mol. The van der Waals surface area contributed by atoms with Crippen molar-refractivity contribution in [1.29, 1.82) is 0 Å². The molecule has 27 heavy (non-hydrogen) atoms. The van der Waals surface area contributed by atoms with E-state index in [9.17, 15) is 0 Å². The minimum absolute atomic E-state index is 0.995. The van der Waals surface area contributed by atoms with E-state index in [0.29, 0.717) is 0 Å². The zero-order chi connectivity index (χ0) is 17.8. The number of hydrogen-bond donors (Lipinski definition) is 0. The number of rotatable bonds is 2. The maximum absolute atomic E-state index is 2.32. The highest BCUT2D eigenvalue weighted by Crippen LogP contribution is 2.42. The van der Waals surface area contributed by atoms with Gasteiger partial charge in [-0.25, -0.2) is 0 Å². The molecule has 0 spiro atoms. The molecule has 0 unspecified atom stereocenters. The van der Waals surface area contributed by atoms with Crippen molar-refractivity contribution in [3.05, 3.63) is 118 Å². The second kappa shape index (κ2) is 5.69. The Morgan fingerprint density at radius 2 is 0.889 bits per heavy atom. The minimum atomic E-state index is 0.995. The zero-order valence-electron chi connectivity index (χ0n) is 15.2. The molecule has 0 amide bonds. The van der Waals surface area contributed by atoms with Gasteiger partial charge < -0.3 is 0 Å². The molecule has 128 valence electrons. The molecule has 6 rings (SSSR count). The Morgan fingerprint density at radius 3 is 1.41 bits per heavy atom. The molecule has 0 heterocycles. The number of benzene rings is 4. The van der Waals surface area contributed by atoms with Crippen molar-refractivity contribution in [2.24, 2.45) is 0 Å². The van der Waals surface area contributed by atoms with E-state index in [1.165, 1.54) is 55.6 Å². The molecule has 0 N–H and O–H groups in total. The van der Waals surface area contributed by atoms with E-state index in [1.54, 1.807) is 0 Å². The van der Waals surface area contributed by atoms with E-state index in [0.717, 1.165) is 19.3 Å². The van der Waals surface area contributed by atoms with Crippen molar-refractivity contribution in [2.45, 2.75) is 19.3 Å². The predicted molar refractivity (Wildman–Crippen MR) is 112 cm³/mol. The molecule has 0 fully saturated rings. The van der Waals surface area contributed by atoms with Crippen molar-refractivity contribution in [3.63, 3.8) is 0 Å². The zero-order valence-corrected chi connectivity index (χ0v) is 15.2. The lowest BCUT2D eigenvalue weighted by Crippen LogP contribution is -1.96. The summed E-state index contributed by atoms with van der Waals surface area (Å²) in [5.41, 5.74) is 14.6. The van der Waals surface area contributed by atoms with Crippen molar-refractivity contribution >= 4 is 0 Å². The molecule has 0 radical (unpaired) electrons. The van der Waals surface area contributed by atoms with Gasteiger partial charge in [0.15, 0.2) is 0 Å². The van der Waals surface area contributed by atoms with Crippen molar-refractivity contribution in [2.75, 3.05) is 0 Å². The summed E-state index contributed by atoms with van der Waals surface area (Å²) in [6.45, 7) is 0. The summed E-state index contributed by atoms with van der Waals surface area (Å²) in [6.07, 6.45) is 3.12. The van der Waals surface area contributed by atoms with Gasteiger partial charge in [-0.1, -0.05) is 84.9 Å². The average Bonchev–Trinajstić information content (AvgIpc) is 3.27. The van der Waals surface area contributed by atoms with Crippen LogP contribution in [0.1, 0.15) is 33.4 Å². The lowest BCUT2D eigenvalue weighted by molar-refractivity contribution is 1.17. The summed E-state index contributed by atoms with van der Waals surface area (Å²) < 4.78 is 0. The van der Waals surface area contributed by atoms with Gasteiger partial charge in [-0.15, -0.1) is 0 Å². The molecule has 0 nitrogen and oxygen atoms in total. The van der Waals surface area contributed by atoms with Crippen molar-refractivity contribution in [1.82, 2.24) is 0 Å². The Labute approximate surface area is 160 Å². The van der Waals surface area contributed by atoms with Crippen LogP contribution < -0.4 is 0 Å². The van der Waals surface area contributed by atoms with Crippen LogP contribution in [0.4, 0.5) is 0 Å². The van der Waals surface area contributed by atoms with Gasteiger partial charge in [0, 0.05) is 0 Å². The van der Waals surface area contributed by atoms with E-state index in [1.807, 2.05) is 0 Å². The third-order valence-corrected chi connectivity index (χ3v) is 6.19. The first kappa shape index (κ1) is 15.0. The highest BCUT2D eigenvalue weighted by molar-refractivity contribution is 5.82. The fourth-order valence-corrected chi connectivity index (χ4v) is 5.04.